The minimum absolute atomic E-state index is 0.107. The maximum Gasteiger partial charge on any atom is 0.267 e. The van der Waals surface area contributed by atoms with Crippen LogP contribution in [-0.4, -0.2) is 35.1 Å². The van der Waals surface area contributed by atoms with E-state index < -0.39 is 0 Å². The summed E-state index contributed by atoms with van der Waals surface area (Å²) in [6.45, 7) is 8.66. The van der Waals surface area contributed by atoms with Gasteiger partial charge in [-0.15, -0.1) is 0 Å². The summed E-state index contributed by atoms with van der Waals surface area (Å²) in [6, 6.07) is 13.1. The molecule has 0 saturated carbocycles. The normalized spacial score (nSPS) is 13.9. The molecule has 1 saturated heterocycles. The topological polar surface area (TPSA) is 67.2 Å². The van der Waals surface area contributed by atoms with E-state index in [1.54, 1.807) is 22.8 Å². The zero-order chi connectivity index (χ0) is 22.0. The van der Waals surface area contributed by atoms with Crippen molar-refractivity contribution in [2.24, 2.45) is 5.92 Å². The highest BCUT2D eigenvalue weighted by atomic mass is 16.1. The monoisotopic (exact) mass is 418 g/mol. The lowest BCUT2D eigenvalue weighted by atomic mass is 10.1. The highest BCUT2D eigenvalue weighted by molar-refractivity contribution is 5.97. The van der Waals surface area contributed by atoms with E-state index in [0.29, 0.717) is 34.9 Å². The molecule has 1 aliphatic rings. The molecule has 0 aliphatic carbocycles. The Balaban J connectivity index is 1.79. The first-order valence-electron chi connectivity index (χ1n) is 11.1. The van der Waals surface area contributed by atoms with Crippen molar-refractivity contribution in [2.75, 3.05) is 24.5 Å². The Hall–Kier alpha value is -3.15. The van der Waals surface area contributed by atoms with Crippen molar-refractivity contribution in [3.8, 4) is 5.69 Å². The predicted molar refractivity (Wildman–Crippen MR) is 125 cm³/mol. The van der Waals surface area contributed by atoms with Crippen molar-refractivity contribution in [3.63, 3.8) is 0 Å². The second-order valence-electron chi connectivity index (χ2n) is 8.76. The van der Waals surface area contributed by atoms with E-state index in [-0.39, 0.29) is 11.5 Å². The standard InChI is InChI=1S/C25H30N4O2/c1-17(2)11-12-26-23(30)19-9-10-21-22(16-19)27-25(28-13-4-5-14-28)29(24(21)31)20-8-6-7-18(3)15-20/h6-10,15-17H,4-5,11-14H2,1-3H3,(H,26,30). The van der Waals surface area contributed by atoms with Gasteiger partial charge in [0.25, 0.3) is 11.5 Å². The lowest BCUT2D eigenvalue weighted by molar-refractivity contribution is 0.0952. The fraction of sp³-hybridized carbons (Fsp3) is 0.400. The fourth-order valence-corrected chi connectivity index (χ4v) is 4.02. The number of hydrogen-bond donors (Lipinski definition) is 1. The van der Waals surface area contributed by atoms with Gasteiger partial charge in [-0.2, -0.15) is 0 Å². The van der Waals surface area contributed by atoms with E-state index in [9.17, 15) is 9.59 Å². The third kappa shape index (κ3) is 4.48. The Morgan fingerprint density at radius 2 is 1.90 bits per heavy atom. The molecule has 0 atom stereocenters. The van der Waals surface area contributed by atoms with Crippen LogP contribution >= 0.6 is 0 Å². The number of rotatable bonds is 6. The van der Waals surface area contributed by atoms with Crippen LogP contribution in [0.5, 0.6) is 0 Å². The highest BCUT2D eigenvalue weighted by Gasteiger charge is 2.21. The smallest absolute Gasteiger partial charge is 0.267 e. The van der Waals surface area contributed by atoms with Crippen molar-refractivity contribution in [1.29, 1.82) is 0 Å². The fourth-order valence-electron chi connectivity index (χ4n) is 4.02. The predicted octanol–water partition coefficient (Wildman–Crippen LogP) is 4.07. The molecule has 0 spiro atoms. The average Bonchev–Trinajstić information content (AvgIpc) is 3.27. The third-order valence-corrected chi connectivity index (χ3v) is 5.77. The minimum atomic E-state index is -0.130. The van der Waals surface area contributed by atoms with E-state index >= 15 is 0 Å². The molecule has 6 nitrogen and oxygen atoms in total. The van der Waals surface area contributed by atoms with E-state index in [4.69, 9.17) is 4.98 Å². The molecule has 1 N–H and O–H groups in total. The first-order chi connectivity index (χ1) is 14.9. The molecule has 1 aromatic heterocycles. The van der Waals surface area contributed by atoms with E-state index in [0.717, 1.165) is 43.6 Å². The number of amides is 1. The molecule has 0 radical (unpaired) electrons. The van der Waals surface area contributed by atoms with Crippen LogP contribution < -0.4 is 15.8 Å². The molecule has 1 aliphatic heterocycles. The zero-order valence-corrected chi connectivity index (χ0v) is 18.5. The largest absolute Gasteiger partial charge is 0.352 e. The summed E-state index contributed by atoms with van der Waals surface area (Å²) in [4.78, 5) is 33.2. The molecule has 2 aromatic carbocycles. The van der Waals surface area contributed by atoms with E-state index in [1.165, 1.54) is 0 Å². The van der Waals surface area contributed by atoms with Crippen LogP contribution in [0.15, 0.2) is 47.3 Å². The first-order valence-corrected chi connectivity index (χ1v) is 11.1. The number of hydrogen-bond acceptors (Lipinski definition) is 4. The second-order valence-corrected chi connectivity index (χ2v) is 8.76. The number of carbonyl (C=O) groups excluding carboxylic acids is 1. The van der Waals surface area contributed by atoms with Gasteiger partial charge in [0.05, 0.1) is 16.6 Å². The SMILES string of the molecule is Cc1cccc(-n2c(N3CCCC3)nc3cc(C(=O)NCCC(C)C)ccc3c2=O)c1. The minimum Gasteiger partial charge on any atom is -0.352 e. The van der Waals surface area contributed by atoms with Gasteiger partial charge in [0, 0.05) is 25.2 Å². The summed E-state index contributed by atoms with van der Waals surface area (Å²) in [5.74, 6) is 1.05. The highest BCUT2D eigenvalue weighted by Crippen LogP contribution is 2.24. The summed E-state index contributed by atoms with van der Waals surface area (Å²) in [5, 5.41) is 3.48. The number of nitrogens with zero attached hydrogens (tertiary/aromatic N) is 3. The second kappa shape index (κ2) is 8.92. The third-order valence-electron chi connectivity index (χ3n) is 5.77. The van der Waals surface area contributed by atoms with E-state index in [1.807, 2.05) is 31.2 Å². The number of fused-ring (bicyclic) bond motifs is 1. The van der Waals surface area contributed by atoms with Crippen molar-refractivity contribution in [2.45, 2.75) is 40.0 Å². The Labute approximate surface area is 182 Å². The van der Waals surface area contributed by atoms with Crippen molar-refractivity contribution in [1.82, 2.24) is 14.9 Å². The maximum atomic E-state index is 13.5. The molecule has 0 bridgehead atoms. The van der Waals surface area contributed by atoms with Crippen molar-refractivity contribution >= 4 is 22.8 Å². The molecule has 6 heteroatoms. The lowest BCUT2D eigenvalue weighted by Crippen LogP contribution is -2.30. The Morgan fingerprint density at radius 3 is 2.61 bits per heavy atom. The van der Waals surface area contributed by atoms with Gasteiger partial charge in [-0.3, -0.25) is 9.59 Å². The molecule has 1 amide bonds. The molecule has 1 fully saturated rings. The Morgan fingerprint density at radius 1 is 1.13 bits per heavy atom. The number of anilines is 1. The molecular weight excluding hydrogens is 388 g/mol. The van der Waals surface area contributed by atoms with Gasteiger partial charge < -0.3 is 10.2 Å². The van der Waals surface area contributed by atoms with Crippen LogP contribution in [0, 0.1) is 12.8 Å². The number of nitrogens with one attached hydrogen (secondary N) is 1. The van der Waals surface area contributed by atoms with Crippen LogP contribution in [-0.2, 0) is 0 Å². The average molecular weight is 419 g/mol. The zero-order valence-electron chi connectivity index (χ0n) is 18.5. The van der Waals surface area contributed by atoms with Crippen LogP contribution in [0.3, 0.4) is 0 Å². The summed E-state index contributed by atoms with van der Waals surface area (Å²) >= 11 is 0. The summed E-state index contributed by atoms with van der Waals surface area (Å²) in [7, 11) is 0. The number of aryl methyl sites for hydroxylation is 1. The van der Waals surface area contributed by atoms with Gasteiger partial charge in [0.1, 0.15) is 0 Å². The molecule has 31 heavy (non-hydrogen) atoms. The Kier molecular flexibility index (Phi) is 6.07. The van der Waals surface area contributed by atoms with Gasteiger partial charge in [-0.1, -0.05) is 26.0 Å². The molecular formula is C25H30N4O2. The van der Waals surface area contributed by atoms with Gasteiger partial charge >= 0.3 is 0 Å². The molecule has 2 heterocycles. The van der Waals surface area contributed by atoms with Crippen LogP contribution in [0.1, 0.15) is 49.0 Å². The molecule has 4 rings (SSSR count). The molecule has 162 valence electrons. The van der Waals surface area contributed by atoms with Crippen LogP contribution in [0.4, 0.5) is 5.95 Å². The summed E-state index contributed by atoms with van der Waals surface area (Å²) in [5.41, 5.74) is 2.89. The van der Waals surface area contributed by atoms with Crippen LogP contribution in [0.2, 0.25) is 0 Å². The van der Waals surface area contributed by atoms with Gasteiger partial charge in [-0.05, 0) is 68.0 Å². The van der Waals surface area contributed by atoms with Gasteiger partial charge in [-0.25, -0.2) is 9.55 Å². The molecule has 3 aromatic rings. The summed E-state index contributed by atoms with van der Waals surface area (Å²) < 4.78 is 1.71. The Bertz CT molecular complexity index is 1160. The number of carbonyl (C=O) groups is 1. The first kappa shape index (κ1) is 21.1. The molecule has 0 unspecified atom stereocenters. The van der Waals surface area contributed by atoms with Crippen molar-refractivity contribution in [3.05, 3.63) is 63.9 Å². The van der Waals surface area contributed by atoms with Crippen molar-refractivity contribution < 1.29 is 4.79 Å². The van der Waals surface area contributed by atoms with E-state index in [2.05, 4.69) is 24.1 Å². The summed E-state index contributed by atoms with van der Waals surface area (Å²) in [6.07, 6.45) is 3.10. The van der Waals surface area contributed by atoms with Gasteiger partial charge in [0.2, 0.25) is 5.95 Å². The number of aromatic nitrogens is 2. The van der Waals surface area contributed by atoms with Gasteiger partial charge in [0.15, 0.2) is 0 Å². The lowest BCUT2D eigenvalue weighted by Gasteiger charge is -2.22. The maximum absolute atomic E-state index is 13.5. The quantitative estimate of drug-likeness (QED) is 0.655. The number of benzene rings is 2. The van der Waals surface area contributed by atoms with Crippen LogP contribution in [0.25, 0.3) is 16.6 Å².